The van der Waals surface area contributed by atoms with Gasteiger partial charge < -0.3 is 15.0 Å². The third-order valence-electron chi connectivity index (χ3n) is 2.73. The van der Waals surface area contributed by atoms with Gasteiger partial charge in [-0.1, -0.05) is 11.6 Å². The first-order valence-electron chi connectivity index (χ1n) is 5.53. The van der Waals surface area contributed by atoms with Crippen LogP contribution in [0, 0.1) is 6.92 Å². The maximum atomic E-state index is 5.60. The minimum Gasteiger partial charge on any atom is -0.496 e. The maximum absolute atomic E-state index is 5.60. The highest BCUT2D eigenvalue weighted by molar-refractivity contribution is 5.66. The topological polar surface area (TPSA) is 53.1 Å². The summed E-state index contributed by atoms with van der Waals surface area (Å²) in [7, 11) is 3.63. The molecule has 0 aliphatic carbocycles. The molecule has 1 aromatic heterocycles. The number of imidazole rings is 1. The van der Waals surface area contributed by atoms with Crippen LogP contribution in [0.15, 0.2) is 24.4 Å². The number of hydrogen-bond acceptors (Lipinski definition) is 3. The molecule has 0 bridgehead atoms. The van der Waals surface area contributed by atoms with E-state index in [1.807, 2.05) is 29.9 Å². The van der Waals surface area contributed by atoms with E-state index in [4.69, 9.17) is 10.5 Å². The number of ether oxygens (including phenoxy) is 1. The Hall–Kier alpha value is -1.81. The Morgan fingerprint density at radius 3 is 2.76 bits per heavy atom. The zero-order valence-corrected chi connectivity index (χ0v) is 10.4. The monoisotopic (exact) mass is 231 g/mol. The van der Waals surface area contributed by atoms with Crippen LogP contribution in [0.1, 0.15) is 11.3 Å². The average Bonchev–Trinajstić information content (AvgIpc) is 2.70. The Morgan fingerprint density at radius 1 is 1.41 bits per heavy atom. The van der Waals surface area contributed by atoms with Crippen LogP contribution in [0.5, 0.6) is 5.75 Å². The molecule has 0 amide bonds. The molecule has 0 unspecified atom stereocenters. The van der Waals surface area contributed by atoms with Crippen molar-refractivity contribution in [2.75, 3.05) is 7.11 Å². The number of rotatable bonds is 3. The number of aryl methyl sites for hydroxylation is 2. The summed E-state index contributed by atoms with van der Waals surface area (Å²) < 4.78 is 7.34. The maximum Gasteiger partial charge on any atom is 0.143 e. The second kappa shape index (κ2) is 4.59. The fraction of sp³-hybridized carbons (Fsp3) is 0.308. The Kier molecular flexibility index (Phi) is 3.15. The summed E-state index contributed by atoms with van der Waals surface area (Å²) in [6.07, 6.45) is 1.94. The lowest BCUT2D eigenvalue weighted by Crippen LogP contribution is -1.96. The number of nitrogens with zero attached hydrogens (tertiary/aromatic N) is 2. The van der Waals surface area contributed by atoms with E-state index in [-0.39, 0.29) is 0 Å². The van der Waals surface area contributed by atoms with Crippen molar-refractivity contribution in [3.8, 4) is 17.1 Å². The molecule has 0 aliphatic rings. The number of benzene rings is 1. The molecular formula is C13H17N3O. The summed E-state index contributed by atoms with van der Waals surface area (Å²) in [6.45, 7) is 2.50. The zero-order chi connectivity index (χ0) is 12.4. The van der Waals surface area contributed by atoms with Crippen LogP contribution in [0.25, 0.3) is 11.4 Å². The van der Waals surface area contributed by atoms with Crippen molar-refractivity contribution in [2.45, 2.75) is 13.5 Å². The first-order valence-corrected chi connectivity index (χ1v) is 5.53. The second-order valence-electron chi connectivity index (χ2n) is 4.07. The fourth-order valence-electron chi connectivity index (χ4n) is 1.87. The highest BCUT2D eigenvalue weighted by atomic mass is 16.5. The van der Waals surface area contributed by atoms with E-state index >= 15 is 0 Å². The van der Waals surface area contributed by atoms with Crippen molar-refractivity contribution in [3.05, 3.63) is 35.7 Å². The normalized spacial score (nSPS) is 10.6. The van der Waals surface area contributed by atoms with Crippen molar-refractivity contribution in [2.24, 2.45) is 12.8 Å². The van der Waals surface area contributed by atoms with E-state index in [1.165, 1.54) is 5.56 Å². The number of hydrogen-bond donors (Lipinski definition) is 1. The van der Waals surface area contributed by atoms with Gasteiger partial charge in [0.25, 0.3) is 0 Å². The van der Waals surface area contributed by atoms with Crippen molar-refractivity contribution < 1.29 is 4.74 Å². The second-order valence-corrected chi connectivity index (χ2v) is 4.07. The van der Waals surface area contributed by atoms with Crippen LogP contribution >= 0.6 is 0 Å². The third-order valence-corrected chi connectivity index (χ3v) is 2.73. The minimum atomic E-state index is 0.446. The highest BCUT2D eigenvalue weighted by Crippen LogP contribution is 2.29. The highest BCUT2D eigenvalue weighted by Gasteiger charge is 2.12. The van der Waals surface area contributed by atoms with Gasteiger partial charge in [-0.25, -0.2) is 4.98 Å². The third kappa shape index (κ3) is 2.17. The summed E-state index contributed by atoms with van der Waals surface area (Å²) in [5.41, 5.74) is 8.66. The molecule has 1 heterocycles. The molecule has 2 rings (SSSR count). The quantitative estimate of drug-likeness (QED) is 0.877. The fourth-order valence-corrected chi connectivity index (χ4v) is 1.87. The smallest absolute Gasteiger partial charge is 0.143 e. The summed E-state index contributed by atoms with van der Waals surface area (Å²) in [5.74, 6) is 1.71. The lowest BCUT2D eigenvalue weighted by molar-refractivity contribution is 0.416. The van der Waals surface area contributed by atoms with Gasteiger partial charge in [0.05, 0.1) is 18.4 Å². The molecule has 90 valence electrons. The van der Waals surface area contributed by atoms with Crippen LogP contribution in [0.2, 0.25) is 0 Å². The van der Waals surface area contributed by atoms with Crippen molar-refractivity contribution in [1.82, 2.24) is 9.55 Å². The Bertz CT molecular complexity index is 531. The van der Waals surface area contributed by atoms with E-state index in [0.717, 1.165) is 22.8 Å². The zero-order valence-electron chi connectivity index (χ0n) is 10.4. The predicted molar refractivity (Wildman–Crippen MR) is 67.8 cm³/mol. The first-order chi connectivity index (χ1) is 8.15. The van der Waals surface area contributed by atoms with Crippen molar-refractivity contribution in [3.63, 3.8) is 0 Å². The summed E-state index contributed by atoms with van der Waals surface area (Å²) >= 11 is 0. The molecular weight excluding hydrogens is 214 g/mol. The summed E-state index contributed by atoms with van der Waals surface area (Å²) in [6, 6.07) is 6.05. The molecule has 0 aliphatic heterocycles. The Labute approximate surface area is 101 Å². The standard InChI is InChI=1S/C13H17N3O/c1-9-4-5-12(17-3)11(6-9)13-15-10(7-14)8-16(13)2/h4-6,8H,7,14H2,1-3H3. The van der Waals surface area contributed by atoms with Crippen LogP contribution < -0.4 is 10.5 Å². The van der Waals surface area contributed by atoms with E-state index in [2.05, 4.69) is 18.0 Å². The molecule has 2 aromatic rings. The molecule has 1 aromatic carbocycles. The molecule has 4 heteroatoms. The molecule has 0 atom stereocenters. The molecule has 0 fully saturated rings. The predicted octanol–water partition coefficient (Wildman–Crippen LogP) is 1.86. The average molecular weight is 231 g/mol. The van der Waals surface area contributed by atoms with E-state index in [9.17, 15) is 0 Å². The molecule has 0 radical (unpaired) electrons. The van der Waals surface area contributed by atoms with Gasteiger partial charge >= 0.3 is 0 Å². The van der Waals surface area contributed by atoms with Gasteiger partial charge in [0.15, 0.2) is 0 Å². The molecule has 4 nitrogen and oxygen atoms in total. The number of nitrogens with two attached hydrogens (primary N) is 1. The summed E-state index contributed by atoms with van der Waals surface area (Å²) in [4.78, 5) is 4.51. The number of aromatic nitrogens is 2. The van der Waals surface area contributed by atoms with Crippen LogP contribution in [0.4, 0.5) is 0 Å². The molecule has 17 heavy (non-hydrogen) atoms. The van der Waals surface area contributed by atoms with Gasteiger partial charge in [0.2, 0.25) is 0 Å². The largest absolute Gasteiger partial charge is 0.496 e. The minimum absolute atomic E-state index is 0.446. The van der Waals surface area contributed by atoms with E-state index in [0.29, 0.717) is 6.54 Å². The van der Waals surface area contributed by atoms with Crippen LogP contribution in [-0.2, 0) is 13.6 Å². The van der Waals surface area contributed by atoms with Gasteiger partial charge in [0, 0.05) is 19.8 Å². The van der Waals surface area contributed by atoms with Gasteiger partial charge in [-0.2, -0.15) is 0 Å². The van der Waals surface area contributed by atoms with Crippen LogP contribution in [-0.4, -0.2) is 16.7 Å². The SMILES string of the molecule is COc1ccc(C)cc1-c1nc(CN)cn1C. The van der Waals surface area contributed by atoms with E-state index in [1.54, 1.807) is 7.11 Å². The molecule has 0 saturated heterocycles. The molecule has 0 saturated carbocycles. The lowest BCUT2D eigenvalue weighted by atomic mass is 10.1. The van der Waals surface area contributed by atoms with Gasteiger partial charge in [-0.15, -0.1) is 0 Å². The van der Waals surface area contributed by atoms with Crippen LogP contribution in [0.3, 0.4) is 0 Å². The van der Waals surface area contributed by atoms with Gasteiger partial charge in [-0.3, -0.25) is 0 Å². The Morgan fingerprint density at radius 2 is 2.18 bits per heavy atom. The van der Waals surface area contributed by atoms with Gasteiger partial charge in [0.1, 0.15) is 11.6 Å². The first kappa shape index (κ1) is 11.7. The van der Waals surface area contributed by atoms with Crippen molar-refractivity contribution >= 4 is 0 Å². The molecule has 2 N–H and O–H groups in total. The summed E-state index contributed by atoms with van der Waals surface area (Å²) in [5, 5.41) is 0. The van der Waals surface area contributed by atoms with Crippen molar-refractivity contribution in [1.29, 1.82) is 0 Å². The molecule has 0 spiro atoms. The number of methoxy groups -OCH3 is 1. The lowest BCUT2D eigenvalue weighted by Gasteiger charge is -2.09. The van der Waals surface area contributed by atoms with E-state index < -0.39 is 0 Å². The van der Waals surface area contributed by atoms with Gasteiger partial charge in [-0.05, 0) is 19.1 Å². The Balaban J connectivity index is 2.58.